The van der Waals surface area contributed by atoms with Gasteiger partial charge >= 0.3 is 30.2 Å². The normalized spacial score (nSPS) is 11.4. The van der Waals surface area contributed by atoms with Crippen LogP contribution in [0.5, 0.6) is 11.5 Å². The number of non-ortho nitro benzene ring substituents is 5. The zero-order valence-electron chi connectivity index (χ0n) is 81.4. The van der Waals surface area contributed by atoms with Crippen LogP contribution in [0.2, 0.25) is 0 Å². The molecule has 11 aromatic carbocycles. The molecule has 1 aliphatic rings. The summed E-state index contributed by atoms with van der Waals surface area (Å²) < 4.78 is 14.5. The third-order valence-corrected chi connectivity index (χ3v) is 25.4. The number of methoxy groups -OCH3 is 2. The van der Waals surface area contributed by atoms with E-state index in [0.717, 1.165) is 128 Å². The average Bonchev–Trinajstić information content (AvgIpc) is 0.782. The van der Waals surface area contributed by atoms with Crippen LogP contribution in [0.15, 0.2) is 326 Å². The van der Waals surface area contributed by atoms with Crippen molar-refractivity contribution in [3.05, 3.63) is 345 Å². The Morgan fingerprint density at radius 1 is 0.319 bits per heavy atom. The largest absolute Gasteiger partial charge is 0.534 e. The number of anilines is 2. The molecule has 0 aliphatic carbocycles. The lowest BCUT2D eigenvalue weighted by molar-refractivity contribution is -0.385. The highest BCUT2D eigenvalue weighted by Crippen LogP contribution is 2.49. The first-order valence-corrected chi connectivity index (χ1v) is 49.5. The molecule has 0 N–H and O–H groups in total. The van der Waals surface area contributed by atoms with Crippen LogP contribution in [-0.2, 0) is 43.3 Å². The Labute approximate surface area is 851 Å². The zero-order valence-corrected chi connectivity index (χ0v) is 84.7. The lowest BCUT2D eigenvalue weighted by atomic mass is 10.0. The first-order chi connectivity index (χ1) is 69.4. The van der Waals surface area contributed by atoms with Gasteiger partial charge < -0.3 is 33.6 Å². The van der Waals surface area contributed by atoms with Crippen LogP contribution in [0.3, 0.4) is 0 Å². The smallest absolute Gasteiger partial charge is 0.455 e. The van der Waals surface area contributed by atoms with Crippen molar-refractivity contribution in [3.63, 3.8) is 0 Å². The number of oxime groups is 5. The Hall–Kier alpha value is -15.3. The summed E-state index contributed by atoms with van der Waals surface area (Å²) in [7, 11) is 4.27. The van der Waals surface area contributed by atoms with Gasteiger partial charge in [-0.3, -0.25) is 60.2 Å². The van der Waals surface area contributed by atoms with E-state index in [9.17, 15) is 74.5 Å². The summed E-state index contributed by atoms with van der Waals surface area (Å²) in [6, 6.07) is 75.2. The topological polar surface area (TPSA) is 440 Å². The van der Waals surface area contributed by atoms with Crippen molar-refractivity contribution in [2.75, 3.05) is 26.2 Å². The number of hydrogen-bond acceptors (Lipinski definition) is 33. The van der Waals surface area contributed by atoms with E-state index in [1.54, 1.807) is 106 Å². The molecule has 0 fully saturated rings. The number of carbonyl (C=O) groups is 5. The number of unbranched alkanes of at least 4 members (excludes halogenated alkanes) is 16. The van der Waals surface area contributed by atoms with Crippen molar-refractivity contribution in [1.29, 1.82) is 0 Å². The molecule has 0 aromatic heterocycles. The summed E-state index contributed by atoms with van der Waals surface area (Å²) in [5.41, 5.74) is 9.68. The van der Waals surface area contributed by atoms with E-state index in [-0.39, 0.29) is 28.4 Å². The summed E-state index contributed by atoms with van der Waals surface area (Å²) in [5, 5.41) is 73.4. The Morgan fingerprint density at radius 2 is 0.604 bits per heavy atom. The Bertz CT molecular complexity index is 6230. The van der Waals surface area contributed by atoms with E-state index in [2.05, 4.69) is 63.6 Å². The first-order valence-electron chi connectivity index (χ1n) is 46.3. The third-order valence-electron chi connectivity index (χ3n) is 21.3. The predicted molar refractivity (Wildman–Crippen MR) is 558 cm³/mol. The number of nitro benzene ring substituents is 5. The molecule has 1 aliphatic heterocycles. The molecule has 0 radical (unpaired) electrons. The van der Waals surface area contributed by atoms with E-state index in [4.69, 9.17) is 14.4 Å². The SMILES string of the molecule is CC(=O)O/N=C(\C)c1ccc2c(c1)Oc1cc([N+](=O)[O-])ccc1S2.CCCCCCCCCCC/C(=N\OC(=O)c1ccccc1)c1ccc(Sc2ccc([N+](=O)[O-])cc2)cc1.CCCCCCCCCCC/C(=N\OC(C)=O)c1ccc(Sc2ccc([N+](=O)[O-])cc2)cc1.COC(=O)O/N=C(\C)c1ccc(N(C)c2ccc([N+](=O)[O-])cc2)cc1.COC(=O)O/N=C(\C)c1ccc(Sc2ccc([N+](=O)[O-])cc2)cc1. The average molecular weight is 2040 g/mol. The zero-order chi connectivity index (χ0) is 104. The van der Waals surface area contributed by atoms with E-state index in [1.807, 2.05) is 127 Å². The summed E-state index contributed by atoms with van der Waals surface area (Å²) in [6.45, 7) is 12.2. The molecule has 754 valence electrons. The highest BCUT2D eigenvalue weighted by atomic mass is 32.2. The van der Waals surface area contributed by atoms with Gasteiger partial charge in [0.05, 0.1) is 88.8 Å². The molecule has 0 amide bonds. The number of nitro groups is 5. The van der Waals surface area contributed by atoms with Gasteiger partial charge in [0, 0.05) is 122 Å². The molecule has 34 nitrogen and oxygen atoms in total. The van der Waals surface area contributed by atoms with Gasteiger partial charge in [-0.1, -0.05) is 262 Å². The molecule has 0 bridgehead atoms. The first kappa shape index (κ1) is 114. The van der Waals surface area contributed by atoms with Gasteiger partial charge in [-0.05, 0) is 196 Å². The summed E-state index contributed by atoms with van der Waals surface area (Å²) in [5.74, 6) is -0.387. The molecule has 1 heterocycles. The molecule has 11 aromatic rings. The molecular formula is C106H113N11O23S4. The van der Waals surface area contributed by atoms with Gasteiger partial charge in [-0.2, -0.15) is 0 Å². The summed E-state index contributed by atoms with van der Waals surface area (Å²) >= 11 is 6.01. The standard InChI is InChI=1S/C31H36N2O4S.C26H34N2O4S.C17H17N3O5.C16H12N2O5S.C16H14N2O5S/c1-2-3-4-5-6-7-8-9-13-16-30(32-37-31(34)26-14-11-10-12-15-26)25-17-21-28(22-18-25)38-29-23-19-27(20-24-29)33(35)36;1-3-4-5-6-7-8-9-10-11-12-26(27-32-21(2)29)22-13-17-24(18-14-22)33-25-19-15-23(16-20-25)28(30)31;1-12(18-25-17(21)24-3)13-4-6-14(7-5-13)19(2)15-8-10-16(11-9-15)20(22)23;1-9(17-23-10(2)19)11-3-5-15-13(7-11)22-14-8-12(18(20)21)4-6-16(14)24-15;1-11(17-23-16(19)22-2)12-3-7-14(8-4-12)24-15-9-5-13(6-10-15)18(20)21/h10-12,14-15,17-24H,2-9,13,16H2,1H3;13-20H,3-12H2,1-2H3;4-11H,1-3H3;3-8H,1-2H3;3-10H,1-2H3/b32-30+;27-26+;18-12+;17-9+;17-11+. The molecule has 0 saturated heterocycles. The van der Waals surface area contributed by atoms with Crippen LogP contribution < -0.4 is 9.64 Å². The molecule has 12 rings (SSSR count). The van der Waals surface area contributed by atoms with Crippen molar-refractivity contribution in [2.24, 2.45) is 25.8 Å². The molecule has 0 saturated carbocycles. The van der Waals surface area contributed by atoms with Gasteiger partial charge in [0.15, 0.2) is 0 Å². The van der Waals surface area contributed by atoms with E-state index >= 15 is 0 Å². The highest BCUT2D eigenvalue weighted by molar-refractivity contribution is 8.00. The maximum atomic E-state index is 12.5. The Morgan fingerprint density at radius 3 is 0.965 bits per heavy atom. The van der Waals surface area contributed by atoms with E-state index in [1.165, 1.54) is 226 Å². The van der Waals surface area contributed by atoms with Crippen molar-refractivity contribution in [3.8, 4) is 11.5 Å². The molecule has 0 unspecified atom stereocenters. The van der Waals surface area contributed by atoms with Gasteiger partial charge in [-0.15, -0.1) is 0 Å². The van der Waals surface area contributed by atoms with Gasteiger partial charge in [0.1, 0.15) is 11.5 Å². The number of hydrogen-bond donors (Lipinski definition) is 0. The minimum atomic E-state index is -0.881. The maximum absolute atomic E-state index is 12.5. The second-order valence-electron chi connectivity index (χ2n) is 32.0. The molecule has 38 heteroatoms. The van der Waals surface area contributed by atoms with Crippen molar-refractivity contribution >= 4 is 146 Å². The van der Waals surface area contributed by atoms with Crippen molar-refractivity contribution in [1.82, 2.24) is 0 Å². The molecular weight excluding hydrogens is 1920 g/mol. The fraction of sp³-hybridized carbons (Fsp3) is 0.283. The number of nitrogens with zero attached hydrogens (tertiary/aromatic N) is 11. The van der Waals surface area contributed by atoms with Gasteiger partial charge in [-0.25, -0.2) is 24.0 Å². The third kappa shape index (κ3) is 40.7. The van der Waals surface area contributed by atoms with Crippen LogP contribution in [0.1, 0.15) is 215 Å². The van der Waals surface area contributed by atoms with Crippen molar-refractivity contribution in [2.45, 2.75) is 216 Å². The maximum Gasteiger partial charge on any atom is 0.534 e. The quantitative estimate of drug-likeness (QED) is 0.00854. The molecule has 144 heavy (non-hydrogen) atoms. The van der Waals surface area contributed by atoms with E-state index < -0.39 is 54.8 Å². The molecule has 0 atom stereocenters. The second kappa shape index (κ2) is 62.1. The van der Waals surface area contributed by atoms with Crippen LogP contribution >= 0.6 is 47.0 Å². The van der Waals surface area contributed by atoms with Crippen LogP contribution in [0.4, 0.5) is 49.4 Å². The highest BCUT2D eigenvalue weighted by Gasteiger charge is 2.23. The minimum Gasteiger partial charge on any atom is -0.455 e. The monoisotopic (exact) mass is 2040 g/mol. The van der Waals surface area contributed by atoms with Crippen LogP contribution in [0, 0.1) is 50.6 Å². The van der Waals surface area contributed by atoms with Crippen LogP contribution in [-0.4, -0.2) is 105 Å². The van der Waals surface area contributed by atoms with Gasteiger partial charge in [0.2, 0.25) is 0 Å². The number of rotatable bonds is 44. The number of benzene rings is 11. The molecule has 0 spiro atoms. The fourth-order valence-electron chi connectivity index (χ4n) is 13.4. The number of ether oxygens (including phenoxy) is 3. The number of carbonyl (C=O) groups excluding carboxylic acids is 5. The van der Waals surface area contributed by atoms with E-state index in [0.29, 0.717) is 34.2 Å². The van der Waals surface area contributed by atoms with Crippen LogP contribution in [0.25, 0.3) is 0 Å². The lowest BCUT2D eigenvalue weighted by Gasteiger charge is -2.19. The summed E-state index contributed by atoms with van der Waals surface area (Å²) in [4.78, 5) is 141. The fourth-order valence-corrected chi connectivity index (χ4v) is 16.8. The summed E-state index contributed by atoms with van der Waals surface area (Å²) in [6.07, 6.45) is 22.1. The van der Waals surface area contributed by atoms with Crippen molar-refractivity contribution < 1.29 is 87.0 Å². The predicted octanol–water partition coefficient (Wildman–Crippen LogP) is 29.4. The second-order valence-corrected chi connectivity index (χ2v) is 36.6. The van der Waals surface area contributed by atoms with Gasteiger partial charge in [0.25, 0.3) is 28.4 Å². The lowest BCUT2D eigenvalue weighted by Crippen LogP contribution is -2.09. The number of fused-ring (bicyclic) bond motifs is 2. The Kier molecular flexibility index (Phi) is 49.2. The minimum absolute atomic E-state index is 0.0263. The Balaban J connectivity index is 0.000000223.